The predicted molar refractivity (Wildman–Crippen MR) is 101 cm³/mol. The molecule has 0 aliphatic rings. The van der Waals surface area contributed by atoms with Gasteiger partial charge in [0.15, 0.2) is 5.69 Å². The van der Waals surface area contributed by atoms with Crippen molar-refractivity contribution in [1.29, 1.82) is 0 Å². The first kappa shape index (κ1) is 20.0. The number of amides is 1. The maximum atomic E-state index is 11.9. The summed E-state index contributed by atoms with van der Waals surface area (Å²) in [4.78, 5) is 18.5. The van der Waals surface area contributed by atoms with Gasteiger partial charge in [0.1, 0.15) is 12.0 Å². The maximum Gasteiger partial charge on any atom is 0.273 e. The van der Waals surface area contributed by atoms with E-state index in [2.05, 4.69) is 41.2 Å². The number of benzene rings is 1. The number of aromatic nitrogens is 1. The Kier molecular flexibility index (Phi) is 7.66. The van der Waals surface area contributed by atoms with Crippen molar-refractivity contribution in [2.75, 3.05) is 13.2 Å². The average molecular weight is 359 g/mol. The van der Waals surface area contributed by atoms with E-state index in [1.165, 1.54) is 11.8 Å². The second-order valence-corrected chi connectivity index (χ2v) is 6.23. The topological polar surface area (TPSA) is 67.6 Å². The lowest BCUT2D eigenvalue weighted by atomic mass is 10.1. The van der Waals surface area contributed by atoms with Crippen molar-refractivity contribution in [3.8, 4) is 5.75 Å². The van der Waals surface area contributed by atoms with Gasteiger partial charge in [-0.2, -0.15) is 0 Å². The SMILES string of the molecule is CCNC(=O)c1coc(CN(Cc2ccc(OCC)cc2)C(C)CC)n1. The molecule has 0 aliphatic carbocycles. The van der Waals surface area contributed by atoms with Gasteiger partial charge in [0.25, 0.3) is 5.91 Å². The van der Waals surface area contributed by atoms with E-state index < -0.39 is 0 Å². The summed E-state index contributed by atoms with van der Waals surface area (Å²) in [7, 11) is 0. The van der Waals surface area contributed by atoms with Crippen LogP contribution >= 0.6 is 0 Å². The van der Waals surface area contributed by atoms with E-state index in [9.17, 15) is 4.79 Å². The Morgan fingerprint density at radius 2 is 1.96 bits per heavy atom. The molecule has 0 aliphatic heterocycles. The summed E-state index contributed by atoms with van der Waals surface area (Å²) in [5.41, 5.74) is 1.52. The highest BCUT2D eigenvalue weighted by atomic mass is 16.5. The zero-order chi connectivity index (χ0) is 18.9. The number of carbonyl (C=O) groups is 1. The minimum absolute atomic E-state index is 0.205. The summed E-state index contributed by atoms with van der Waals surface area (Å²) in [6.45, 7) is 10.8. The number of rotatable bonds is 10. The molecule has 1 aromatic carbocycles. The van der Waals surface area contributed by atoms with E-state index in [0.29, 0.717) is 37.3 Å². The Bertz CT molecular complexity index is 682. The number of hydrogen-bond donors (Lipinski definition) is 1. The highest BCUT2D eigenvalue weighted by Gasteiger charge is 2.18. The molecule has 142 valence electrons. The fraction of sp³-hybridized carbons (Fsp3) is 0.500. The molecule has 2 aromatic rings. The second-order valence-electron chi connectivity index (χ2n) is 6.23. The molecule has 1 aromatic heterocycles. The van der Waals surface area contributed by atoms with Crippen LogP contribution in [0.15, 0.2) is 34.9 Å². The van der Waals surface area contributed by atoms with Crippen molar-refractivity contribution in [3.63, 3.8) is 0 Å². The standard InChI is InChI=1S/C20H29N3O3/c1-5-15(4)23(12-16-8-10-17(11-9-16)25-7-3)13-19-22-18(14-26-19)20(24)21-6-2/h8-11,14-15H,5-7,12-13H2,1-4H3,(H,21,24). The fourth-order valence-electron chi connectivity index (χ4n) is 2.63. The Hall–Kier alpha value is -2.34. The highest BCUT2D eigenvalue weighted by Crippen LogP contribution is 2.18. The fourth-order valence-corrected chi connectivity index (χ4v) is 2.63. The summed E-state index contributed by atoms with van der Waals surface area (Å²) >= 11 is 0. The van der Waals surface area contributed by atoms with Gasteiger partial charge in [-0.15, -0.1) is 0 Å². The largest absolute Gasteiger partial charge is 0.494 e. The minimum Gasteiger partial charge on any atom is -0.494 e. The molecule has 0 bridgehead atoms. The number of nitrogens with one attached hydrogen (secondary N) is 1. The minimum atomic E-state index is -0.205. The van der Waals surface area contributed by atoms with Crippen LogP contribution in [0.25, 0.3) is 0 Å². The van der Waals surface area contributed by atoms with Crippen LogP contribution < -0.4 is 10.1 Å². The Morgan fingerprint density at radius 1 is 1.23 bits per heavy atom. The first-order chi connectivity index (χ1) is 12.6. The quantitative estimate of drug-likeness (QED) is 0.702. The molecular formula is C20H29N3O3. The van der Waals surface area contributed by atoms with E-state index in [-0.39, 0.29) is 5.91 Å². The third-order valence-corrected chi connectivity index (χ3v) is 4.29. The van der Waals surface area contributed by atoms with Crippen LogP contribution in [0.5, 0.6) is 5.75 Å². The molecule has 0 saturated heterocycles. The van der Waals surface area contributed by atoms with Crippen molar-refractivity contribution >= 4 is 5.91 Å². The van der Waals surface area contributed by atoms with E-state index in [1.54, 1.807) is 0 Å². The third kappa shape index (κ3) is 5.59. The Labute approximate surface area is 155 Å². The van der Waals surface area contributed by atoms with Crippen LogP contribution in [0.3, 0.4) is 0 Å². The van der Waals surface area contributed by atoms with Gasteiger partial charge in [-0.25, -0.2) is 4.98 Å². The Morgan fingerprint density at radius 3 is 2.58 bits per heavy atom. The van der Waals surface area contributed by atoms with Gasteiger partial charge in [-0.3, -0.25) is 9.69 Å². The molecule has 1 heterocycles. The van der Waals surface area contributed by atoms with E-state index in [4.69, 9.17) is 9.15 Å². The smallest absolute Gasteiger partial charge is 0.273 e. The first-order valence-electron chi connectivity index (χ1n) is 9.25. The lowest BCUT2D eigenvalue weighted by Gasteiger charge is -2.27. The summed E-state index contributed by atoms with van der Waals surface area (Å²) in [5, 5.41) is 2.73. The van der Waals surface area contributed by atoms with E-state index in [0.717, 1.165) is 18.7 Å². The summed E-state index contributed by atoms with van der Waals surface area (Å²) in [6, 6.07) is 8.51. The van der Waals surface area contributed by atoms with Crippen LogP contribution in [0.4, 0.5) is 0 Å². The van der Waals surface area contributed by atoms with Crippen LogP contribution in [0.2, 0.25) is 0 Å². The van der Waals surface area contributed by atoms with Crippen LogP contribution in [0.1, 0.15) is 56.1 Å². The zero-order valence-corrected chi connectivity index (χ0v) is 16.1. The summed E-state index contributed by atoms with van der Waals surface area (Å²) in [6.07, 6.45) is 2.44. The predicted octanol–water partition coefficient (Wildman–Crippen LogP) is 3.62. The number of carbonyl (C=O) groups excluding carboxylic acids is 1. The normalized spacial score (nSPS) is 12.2. The summed E-state index contributed by atoms with van der Waals surface area (Å²) in [5.74, 6) is 1.23. The third-order valence-electron chi connectivity index (χ3n) is 4.29. The molecule has 1 atom stereocenters. The molecule has 1 amide bonds. The van der Waals surface area contributed by atoms with Gasteiger partial charge >= 0.3 is 0 Å². The molecular weight excluding hydrogens is 330 g/mol. The van der Waals surface area contributed by atoms with E-state index >= 15 is 0 Å². The zero-order valence-electron chi connectivity index (χ0n) is 16.1. The molecule has 0 radical (unpaired) electrons. The lowest BCUT2D eigenvalue weighted by molar-refractivity contribution is 0.0950. The maximum absolute atomic E-state index is 11.9. The van der Waals surface area contributed by atoms with Gasteiger partial charge in [0.05, 0.1) is 13.2 Å². The number of hydrogen-bond acceptors (Lipinski definition) is 5. The Balaban J connectivity index is 2.06. The van der Waals surface area contributed by atoms with Gasteiger partial charge in [-0.05, 0) is 44.9 Å². The monoisotopic (exact) mass is 359 g/mol. The molecule has 0 spiro atoms. The molecule has 1 unspecified atom stereocenters. The number of nitrogens with zero attached hydrogens (tertiary/aromatic N) is 2. The van der Waals surface area contributed by atoms with Crippen molar-refractivity contribution < 1.29 is 13.9 Å². The summed E-state index contributed by atoms with van der Waals surface area (Å²) < 4.78 is 11.0. The van der Waals surface area contributed by atoms with Gasteiger partial charge in [0, 0.05) is 19.1 Å². The van der Waals surface area contributed by atoms with Crippen molar-refractivity contribution in [3.05, 3.63) is 47.7 Å². The molecule has 6 heteroatoms. The first-order valence-corrected chi connectivity index (χ1v) is 9.25. The van der Waals surface area contributed by atoms with E-state index in [1.807, 2.05) is 26.0 Å². The lowest BCUT2D eigenvalue weighted by Crippen LogP contribution is -2.31. The molecule has 0 fully saturated rings. The molecule has 26 heavy (non-hydrogen) atoms. The van der Waals surface area contributed by atoms with Gasteiger partial charge in [0.2, 0.25) is 5.89 Å². The van der Waals surface area contributed by atoms with Gasteiger partial charge in [-0.1, -0.05) is 19.1 Å². The highest BCUT2D eigenvalue weighted by molar-refractivity contribution is 5.91. The van der Waals surface area contributed by atoms with Crippen LogP contribution in [-0.4, -0.2) is 35.0 Å². The van der Waals surface area contributed by atoms with Crippen molar-refractivity contribution in [2.45, 2.75) is 53.2 Å². The van der Waals surface area contributed by atoms with Crippen LogP contribution in [0, 0.1) is 0 Å². The molecule has 0 saturated carbocycles. The van der Waals surface area contributed by atoms with Crippen molar-refractivity contribution in [1.82, 2.24) is 15.2 Å². The average Bonchev–Trinajstić information content (AvgIpc) is 3.11. The molecule has 2 rings (SSSR count). The number of ether oxygens (including phenoxy) is 1. The van der Waals surface area contributed by atoms with Crippen LogP contribution in [-0.2, 0) is 13.1 Å². The molecule has 1 N–H and O–H groups in total. The number of oxazole rings is 1. The van der Waals surface area contributed by atoms with Crippen molar-refractivity contribution in [2.24, 2.45) is 0 Å². The van der Waals surface area contributed by atoms with Gasteiger partial charge < -0.3 is 14.5 Å². The second kappa shape index (κ2) is 9.97. The molecule has 6 nitrogen and oxygen atoms in total.